The average molecular weight is 284 g/mol. The fraction of sp³-hybridized carbons (Fsp3) is 0.0667. The fourth-order valence-corrected chi connectivity index (χ4v) is 2.59. The number of hydrogen-bond acceptors (Lipinski definition) is 3. The Morgan fingerprint density at radius 3 is 2.60 bits per heavy atom. The van der Waals surface area contributed by atoms with E-state index in [0.717, 1.165) is 10.6 Å². The third-order valence-corrected chi connectivity index (χ3v) is 3.89. The second-order valence-electron chi connectivity index (χ2n) is 4.29. The summed E-state index contributed by atoms with van der Waals surface area (Å²) >= 11 is 1.67. The minimum Gasteiger partial charge on any atom is -0.478 e. The predicted molar refractivity (Wildman–Crippen MR) is 79.8 cm³/mol. The van der Waals surface area contributed by atoms with Crippen LogP contribution in [0.25, 0.3) is 16.7 Å². The van der Waals surface area contributed by atoms with Crippen LogP contribution in [0.15, 0.2) is 53.7 Å². The number of carboxylic acid groups (broad SMARTS) is 1. The Balaban J connectivity index is 2.22. The van der Waals surface area contributed by atoms with Crippen LogP contribution in [0.5, 0.6) is 0 Å². The van der Waals surface area contributed by atoms with E-state index in [2.05, 4.69) is 4.98 Å². The quantitative estimate of drug-likeness (QED) is 0.748. The van der Waals surface area contributed by atoms with Crippen LogP contribution in [0, 0.1) is 0 Å². The van der Waals surface area contributed by atoms with Gasteiger partial charge in [-0.2, -0.15) is 0 Å². The highest BCUT2D eigenvalue weighted by Gasteiger charge is 2.14. The van der Waals surface area contributed by atoms with E-state index in [9.17, 15) is 9.90 Å². The van der Waals surface area contributed by atoms with Gasteiger partial charge in [0.05, 0.1) is 16.6 Å². The number of hydrogen-bond donors (Lipinski definition) is 1. The van der Waals surface area contributed by atoms with Gasteiger partial charge in [-0.25, -0.2) is 9.78 Å². The second kappa shape index (κ2) is 5.02. The maximum atomic E-state index is 11.4. The Bertz CT molecular complexity index is 778. The Hall–Kier alpha value is -2.27. The molecule has 0 fully saturated rings. The van der Waals surface area contributed by atoms with Gasteiger partial charge in [0.25, 0.3) is 0 Å². The Labute approximate surface area is 120 Å². The van der Waals surface area contributed by atoms with Gasteiger partial charge in [-0.1, -0.05) is 6.07 Å². The van der Waals surface area contributed by atoms with E-state index in [1.807, 2.05) is 41.2 Å². The number of carboxylic acids is 1. The monoisotopic (exact) mass is 284 g/mol. The van der Waals surface area contributed by atoms with Crippen molar-refractivity contribution in [2.24, 2.45) is 0 Å². The van der Waals surface area contributed by atoms with Gasteiger partial charge in [-0.15, -0.1) is 11.8 Å². The highest BCUT2D eigenvalue weighted by molar-refractivity contribution is 7.98. The molecule has 0 unspecified atom stereocenters. The standard InChI is InChI=1S/C15H12N2O2S/c1-20-11-7-5-10(6-8-11)17-9-16-13-4-2-3-12(14(13)17)15(18)19/h2-9H,1H3,(H,18,19). The molecule has 0 amide bonds. The van der Waals surface area contributed by atoms with Crippen molar-refractivity contribution in [2.75, 3.05) is 6.26 Å². The minimum absolute atomic E-state index is 0.258. The van der Waals surface area contributed by atoms with E-state index in [-0.39, 0.29) is 5.56 Å². The van der Waals surface area contributed by atoms with Crippen LogP contribution in [-0.4, -0.2) is 26.9 Å². The molecular formula is C15H12N2O2S. The van der Waals surface area contributed by atoms with E-state index in [0.29, 0.717) is 11.0 Å². The molecule has 0 saturated heterocycles. The van der Waals surface area contributed by atoms with Crippen LogP contribution in [0.4, 0.5) is 0 Å². The molecule has 20 heavy (non-hydrogen) atoms. The molecule has 3 aromatic rings. The predicted octanol–water partition coefficient (Wildman–Crippen LogP) is 3.45. The highest BCUT2D eigenvalue weighted by atomic mass is 32.2. The Morgan fingerprint density at radius 2 is 1.95 bits per heavy atom. The molecule has 0 bridgehead atoms. The number of benzene rings is 2. The zero-order valence-corrected chi connectivity index (χ0v) is 11.6. The van der Waals surface area contributed by atoms with Crippen molar-refractivity contribution in [3.05, 3.63) is 54.4 Å². The summed E-state index contributed by atoms with van der Waals surface area (Å²) in [6.07, 6.45) is 3.68. The van der Waals surface area contributed by atoms with Gasteiger partial charge in [0.15, 0.2) is 0 Å². The molecule has 4 nitrogen and oxygen atoms in total. The normalized spacial score (nSPS) is 10.8. The topological polar surface area (TPSA) is 55.1 Å². The lowest BCUT2D eigenvalue weighted by Gasteiger charge is -2.07. The van der Waals surface area contributed by atoms with Crippen molar-refractivity contribution in [1.82, 2.24) is 9.55 Å². The van der Waals surface area contributed by atoms with Crippen LogP contribution >= 0.6 is 11.8 Å². The molecule has 0 radical (unpaired) electrons. The summed E-state index contributed by atoms with van der Waals surface area (Å²) in [7, 11) is 0. The summed E-state index contributed by atoms with van der Waals surface area (Å²) < 4.78 is 1.81. The Kier molecular flexibility index (Phi) is 3.20. The van der Waals surface area contributed by atoms with Gasteiger partial charge in [-0.3, -0.25) is 4.57 Å². The number of rotatable bonds is 3. The number of aromatic nitrogens is 2. The molecule has 0 spiro atoms. The van der Waals surface area contributed by atoms with E-state index < -0.39 is 5.97 Å². The first-order chi connectivity index (χ1) is 9.70. The highest BCUT2D eigenvalue weighted by Crippen LogP contribution is 2.23. The van der Waals surface area contributed by atoms with Crippen molar-refractivity contribution >= 4 is 28.8 Å². The largest absolute Gasteiger partial charge is 0.478 e. The van der Waals surface area contributed by atoms with Gasteiger partial charge < -0.3 is 5.11 Å². The summed E-state index contributed by atoms with van der Waals surface area (Å²) in [4.78, 5) is 16.8. The van der Waals surface area contributed by atoms with Crippen LogP contribution in [-0.2, 0) is 0 Å². The fourth-order valence-electron chi connectivity index (χ4n) is 2.18. The summed E-state index contributed by atoms with van der Waals surface area (Å²) in [6, 6.07) is 13.1. The minimum atomic E-state index is -0.946. The molecule has 1 heterocycles. The molecule has 0 atom stereocenters. The first-order valence-electron chi connectivity index (χ1n) is 6.04. The van der Waals surface area contributed by atoms with Crippen molar-refractivity contribution in [2.45, 2.75) is 4.90 Å². The van der Waals surface area contributed by atoms with Gasteiger partial charge >= 0.3 is 5.97 Å². The smallest absolute Gasteiger partial charge is 0.337 e. The third-order valence-electron chi connectivity index (χ3n) is 3.15. The number of aromatic carboxylic acids is 1. The average Bonchev–Trinajstić information content (AvgIpc) is 2.91. The summed E-state index contributed by atoms with van der Waals surface area (Å²) in [5.41, 5.74) is 2.46. The maximum absolute atomic E-state index is 11.4. The van der Waals surface area contributed by atoms with E-state index in [1.165, 1.54) is 0 Å². The van der Waals surface area contributed by atoms with Crippen LogP contribution in [0.1, 0.15) is 10.4 Å². The molecule has 5 heteroatoms. The van der Waals surface area contributed by atoms with Gasteiger partial charge in [0.2, 0.25) is 0 Å². The molecule has 3 rings (SSSR count). The molecule has 0 aliphatic heterocycles. The molecule has 2 aromatic carbocycles. The van der Waals surface area contributed by atoms with Crippen LogP contribution in [0.2, 0.25) is 0 Å². The number of carbonyl (C=O) groups is 1. The maximum Gasteiger partial charge on any atom is 0.337 e. The van der Waals surface area contributed by atoms with Crippen molar-refractivity contribution in [3.63, 3.8) is 0 Å². The van der Waals surface area contributed by atoms with Crippen molar-refractivity contribution < 1.29 is 9.90 Å². The molecule has 0 saturated carbocycles. The number of para-hydroxylation sites is 1. The van der Waals surface area contributed by atoms with E-state index in [1.54, 1.807) is 30.2 Å². The Morgan fingerprint density at radius 1 is 1.20 bits per heavy atom. The zero-order chi connectivity index (χ0) is 14.1. The number of imidazole rings is 1. The van der Waals surface area contributed by atoms with E-state index >= 15 is 0 Å². The van der Waals surface area contributed by atoms with Crippen molar-refractivity contribution in [3.8, 4) is 5.69 Å². The van der Waals surface area contributed by atoms with Crippen LogP contribution in [0.3, 0.4) is 0 Å². The summed E-state index contributed by atoms with van der Waals surface area (Å²) in [6.45, 7) is 0. The molecule has 1 aromatic heterocycles. The lowest BCUT2D eigenvalue weighted by molar-refractivity contribution is 0.0698. The first kappa shape index (κ1) is 12.7. The number of fused-ring (bicyclic) bond motifs is 1. The van der Waals surface area contributed by atoms with Gasteiger partial charge in [0, 0.05) is 10.6 Å². The lowest BCUT2D eigenvalue weighted by Crippen LogP contribution is -2.01. The second-order valence-corrected chi connectivity index (χ2v) is 5.17. The molecule has 0 aliphatic carbocycles. The van der Waals surface area contributed by atoms with E-state index in [4.69, 9.17) is 0 Å². The number of thioether (sulfide) groups is 1. The molecular weight excluding hydrogens is 272 g/mol. The number of nitrogens with zero attached hydrogens (tertiary/aromatic N) is 2. The van der Waals surface area contributed by atoms with Crippen LogP contribution < -0.4 is 0 Å². The van der Waals surface area contributed by atoms with Gasteiger partial charge in [-0.05, 0) is 42.7 Å². The third kappa shape index (κ3) is 2.06. The van der Waals surface area contributed by atoms with Gasteiger partial charge in [0.1, 0.15) is 6.33 Å². The summed E-state index contributed by atoms with van der Waals surface area (Å²) in [5, 5.41) is 9.31. The zero-order valence-electron chi connectivity index (χ0n) is 10.8. The first-order valence-corrected chi connectivity index (χ1v) is 7.27. The lowest BCUT2D eigenvalue weighted by atomic mass is 10.2. The molecule has 0 aliphatic rings. The SMILES string of the molecule is CSc1ccc(-n2cnc3cccc(C(=O)O)c32)cc1. The molecule has 100 valence electrons. The molecule has 1 N–H and O–H groups in total. The van der Waals surface area contributed by atoms with Crippen molar-refractivity contribution in [1.29, 1.82) is 0 Å². The summed E-state index contributed by atoms with van der Waals surface area (Å²) in [5.74, 6) is -0.946.